The van der Waals surface area contributed by atoms with Gasteiger partial charge >= 0.3 is 0 Å². The number of hydrogen-bond donors (Lipinski definition) is 1. The first-order chi connectivity index (χ1) is 14.5. The van der Waals surface area contributed by atoms with Crippen molar-refractivity contribution < 1.29 is 4.79 Å². The third-order valence-electron chi connectivity index (χ3n) is 5.00. The van der Waals surface area contributed by atoms with Crippen molar-refractivity contribution in [2.45, 2.75) is 26.8 Å². The van der Waals surface area contributed by atoms with E-state index in [2.05, 4.69) is 37.4 Å². The highest BCUT2D eigenvalue weighted by atomic mass is 16.2. The van der Waals surface area contributed by atoms with Crippen LogP contribution in [0.3, 0.4) is 0 Å². The number of nitrogens with one attached hydrogen (secondary N) is 1. The maximum atomic E-state index is 12.1. The Hall–Kier alpha value is -3.43. The van der Waals surface area contributed by atoms with Crippen molar-refractivity contribution >= 4 is 5.91 Å². The van der Waals surface area contributed by atoms with Crippen LogP contribution >= 0.6 is 0 Å². The van der Waals surface area contributed by atoms with Crippen LogP contribution in [0.5, 0.6) is 0 Å². The van der Waals surface area contributed by atoms with Crippen molar-refractivity contribution in [1.82, 2.24) is 20.0 Å². The van der Waals surface area contributed by atoms with Crippen LogP contribution in [0.25, 0.3) is 16.9 Å². The lowest BCUT2D eigenvalue weighted by molar-refractivity contribution is -0.122. The molecule has 0 atom stereocenters. The predicted octanol–water partition coefficient (Wildman–Crippen LogP) is 3.62. The van der Waals surface area contributed by atoms with Gasteiger partial charge in [-0.25, -0.2) is 4.68 Å². The molecular weight excluding hydrogens is 374 g/mol. The molecule has 0 saturated carbocycles. The van der Waals surface area contributed by atoms with Crippen LogP contribution in [0.2, 0.25) is 0 Å². The van der Waals surface area contributed by atoms with E-state index in [1.807, 2.05) is 59.2 Å². The van der Waals surface area contributed by atoms with Gasteiger partial charge in [0.25, 0.3) is 0 Å². The lowest BCUT2D eigenvalue weighted by Crippen LogP contribution is -2.35. The van der Waals surface area contributed by atoms with Crippen molar-refractivity contribution in [3.8, 4) is 23.0 Å². The molecule has 0 radical (unpaired) electrons. The summed E-state index contributed by atoms with van der Waals surface area (Å²) in [6, 6.07) is 18.4. The number of carbonyl (C=O) groups is 1. The van der Waals surface area contributed by atoms with E-state index in [0.29, 0.717) is 19.5 Å². The van der Waals surface area contributed by atoms with Gasteiger partial charge < -0.3 is 5.32 Å². The van der Waals surface area contributed by atoms with Gasteiger partial charge in [0, 0.05) is 30.4 Å². The maximum absolute atomic E-state index is 12.1. The summed E-state index contributed by atoms with van der Waals surface area (Å²) in [4.78, 5) is 14.1. The lowest BCUT2D eigenvalue weighted by atomic mass is 10.0. The van der Waals surface area contributed by atoms with Gasteiger partial charge in [0.15, 0.2) is 0 Å². The molecule has 6 heteroatoms. The number of hydrogen-bond acceptors (Lipinski definition) is 4. The lowest BCUT2D eigenvalue weighted by Gasteiger charge is -2.16. The summed E-state index contributed by atoms with van der Waals surface area (Å²) in [5.41, 5.74) is 6.49. The number of amides is 1. The maximum Gasteiger partial charge on any atom is 0.234 e. The van der Waals surface area contributed by atoms with Crippen molar-refractivity contribution in [1.29, 1.82) is 5.26 Å². The molecule has 0 aliphatic heterocycles. The van der Waals surface area contributed by atoms with Crippen LogP contribution in [-0.2, 0) is 11.3 Å². The minimum atomic E-state index is -0.0871. The molecule has 154 valence electrons. The summed E-state index contributed by atoms with van der Waals surface area (Å²) in [5.74, 6) is -0.0871. The van der Waals surface area contributed by atoms with Crippen molar-refractivity contribution in [2.75, 3.05) is 20.1 Å². The molecule has 3 aromatic rings. The normalized spacial score (nSPS) is 10.8. The summed E-state index contributed by atoms with van der Waals surface area (Å²) in [5, 5.41) is 16.2. The van der Waals surface area contributed by atoms with E-state index in [1.54, 1.807) is 0 Å². The summed E-state index contributed by atoms with van der Waals surface area (Å²) < 4.78 is 1.89. The molecule has 1 aromatic heterocycles. The number of carbonyl (C=O) groups excluding carboxylic acids is 1. The number of benzene rings is 2. The molecule has 1 N–H and O–H groups in total. The number of para-hydroxylation sites is 1. The van der Waals surface area contributed by atoms with Gasteiger partial charge in [0.1, 0.15) is 0 Å². The van der Waals surface area contributed by atoms with Gasteiger partial charge in [0.2, 0.25) is 5.91 Å². The van der Waals surface area contributed by atoms with E-state index in [0.717, 1.165) is 22.5 Å². The molecule has 0 bridgehead atoms. The Morgan fingerprint density at radius 2 is 1.93 bits per heavy atom. The summed E-state index contributed by atoms with van der Waals surface area (Å²) >= 11 is 0. The number of aromatic nitrogens is 2. The fourth-order valence-corrected chi connectivity index (χ4v) is 3.28. The van der Waals surface area contributed by atoms with Gasteiger partial charge in [0.05, 0.1) is 30.4 Å². The Morgan fingerprint density at radius 1 is 1.17 bits per heavy atom. The average Bonchev–Trinajstić information content (AvgIpc) is 3.14. The van der Waals surface area contributed by atoms with E-state index < -0.39 is 0 Å². The minimum absolute atomic E-state index is 0.0871. The molecule has 0 fully saturated rings. The number of aryl methyl sites for hydroxylation is 2. The minimum Gasteiger partial charge on any atom is -0.354 e. The van der Waals surface area contributed by atoms with Crippen LogP contribution in [0.4, 0.5) is 0 Å². The highest BCUT2D eigenvalue weighted by molar-refractivity contribution is 5.78. The third-order valence-corrected chi connectivity index (χ3v) is 5.00. The van der Waals surface area contributed by atoms with Gasteiger partial charge in [-0.3, -0.25) is 9.69 Å². The van der Waals surface area contributed by atoms with Gasteiger partial charge in [-0.2, -0.15) is 10.4 Å². The Balaban J connectivity index is 1.86. The number of likely N-dealkylation sites (N-methyl/N-ethyl adjacent to an activating group) is 1. The average molecular weight is 402 g/mol. The van der Waals surface area contributed by atoms with Crippen LogP contribution in [0.15, 0.2) is 54.7 Å². The van der Waals surface area contributed by atoms with E-state index in [1.165, 1.54) is 11.1 Å². The molecule has 0 aliphatic carbocycles. The summed E-state index contributed by atoms with van der Waals surface area (Å²) in [6.45, 7) is 5.42. The van der Waals surface area contributed by atoms with Crippen LogP contribution in [0.1, 0.15) is 23.1 Å². The first kappa shape index (κ1) is 21.3. The first-order valence-corrected chi connectivity index (χ1v) is 10.0. The molecule has 0 aliphatic rings. The van der Waals surface area contributed by atoms with E-state index >= 15 is 0 Å². The summed E-state index contributed by atoms with van der Waals surface area (Å²) in [7, 11) is 1.91. The second-order valence-electron chi connectivity index (χ2n) is 7.51. The topological polar surface area (TPSA) is 74.0 Å². The molecule has 1 heterocycles. The number of nitriles is 1. The molecule has 0 unspecified atom stereocenters. The Bertz CT molecular complexity index is 1050. The molecule has 6 nitrogen and oxygen atoms in total. The fourth-order valence-electron chi connectivity index (χ4n) is 3.28. The fraction of sp³-hybridized carbons (Fsp3) is 0.292. The molecule has 2 aromatic carbocycles. The van der Waals surface area contributed by atoms with Gasteiger partial charge in [-0.1, -0.05) is 30.3 Å². The molecular formula is C24H27N5O. The second kappa shape index (κ2) is 9.86. The molecule has 1 amide bonds. The second-order valence-corrected chi connectivity index (χ2v) is 7.51. The van der Waals surface area contributed by atoms with E-state index in [-0.39, 0.29) is 12.5 Å². The predicted molar refractivity (Wildman–Crippen MR) is 118 cm³/mol. The zero-order valence-corrected chi connectivity index (χ0v) is 17.7. The Labute approximate surface area is 177 Å². The zero-order valence-electron chi connectivity index (χ0n) is 17.7. The van der Waals surface area contributed by atoms with E-state index in [9.17, 15) is 4.79 Å². The third kappa shape index (κ3) is 5.34. The first-order valence-electron chi connectivity index (χ1n) is 10.0. The van der Waals surface area contributed by atoms with Gasteiger partial charge in [-0.05, 0) is 50.2 Å². The molecule has 3 rings (SSSR count). The number of nitrogens with zero attached hydrogens (tertiary/aromatic N) is 4. The zero-order chi connectivity index (χ0) is 21.5. The standard InChI is InChI=1S/C24H27N5O/c1-18-10-11-20(14-19(18)2)24-21(15-28(3)17-23(30)26-13-7-12-25)16-29(27-24)22-8-5-4-6-9-22/h4-6,8-11,14,16H,7,13,15,17H2,1-3H3,(H,26,30). The Morgan fingerprint density at radius 3 is 2.63 bits per heavy atom. The Kier molecular flexibility index (Phi) is 6.99. The molecule has 0 saturated heterocycles. The van der Waals surface area contributed by atoms with Crippen LogP contribution < -0.4 is 5.32 Å². The van der Waals surface area contributed by atoms with Crippen molar-refractivity contribution in [3.05, 3.63) is 71.4 Å². The van der Waals surface area contributed by atoms with Crippen LogP contribution in [-0.4, -0.2) is 40.7 Å². The molecule has 0 spiro atoms. The quantitative estimate of drug-likeness (QED) is 0.585. The largest absolute Gasteiger partial charge is 0.354 e. The monoisotopic (exact) mass is 401 g/mol. The smallest absolute Gasteiger partial charge is 0.234 e. The highest BCUT2D eigenvalue weighted by Gasteiger charge is 2.16. The van der Waals surface area contributed by atoms with Gasteiger partial charge in [-0.15, -0.1) is 0 Å². The van der Waals surface area contributed by atoms with E-state index in [4.69, 9.17) is 10.4 Å². The van der Waals surface area contributed by atoms with Crippen LogP contribution in [0, 0.1) is 25.2 Å². The SMILES string of the molecule is Cc1ccc(-c2nn(-c3ccccc3)cc2CN(C)CC(=O)NCCC#N)cc1C. The van der Waals surface area contributed by atoms with Crippen molar-refractivity contribution in [2.24, 2.45) is 0 Å². The highest BCUT2D eigenvalue weighted by Crippen LogP contribution is 2.26. The molecule has 30 heavy (non-hydrogen) atoms. The van der Waals surface area contributed by atoms with Crippen molar-refractivity contribution in [3.63, 3.8) is 0 Å². The number of rotatable bonds is 8. The summed E-state index contributed by atoms with van der Waals surface area (Å²) in [6.07, 6.45) is 2.35.